The number of rotatable bonds is 4. The van der Waals surface area contributed by atoms with E-state index in [-0.39, 0.29) is 5.84 Å². The number of aryl methyl sites for hydroxylation is 1. The van der Waals surface area contributed by atoms with E-state index in [4.69, 9.17) is 11.1 Å². The molecule has 0 saturated carbocycles. The van der Waals surface area contributed by atoms with Crippen molar-refractivity contribution in [1.82, 2.24) is 4.98 Å². The second kappa shape index (κ2) is 5.66. The third-order valence-corrected chi connectivity index (χ3v) is 4.53. The lowest BCUT2D eigenvalue weighted by Gasteiger charge is -2.07. The Labute approximate surface area is 128 Å². The zero-order valence-corrected chi connectivity index (χ0v) is 12.6. The van der Waals surface area contributed by atoms with Crippen LogP contribution in [-0.4, -0.2) is 10.8 Å². The number of nitrogens with one attached hydrogen (secondary N) is 2. The highest BCUT2D eigenvalue weighted by atomic mass is 32.2. The predicted octanol–water partition coefficient (Wildman–Crippen LogP) is 4.05. The van der Waals surface area contributed by atoms with Gasteiger partial charge >= 0.3 is 0 Å². The van der Waals surface area contributed by atoms with Gasteiger partial charge in [0.15, 0.2) is 0 Å². The smallest absolute Gasteiger partial charge is 0.122 e. The summed E-state index contributed by atoms with van der Waals surface area (Å²) in [5, 5.41) is 9.88. The Balaban J connectivity index is 1.76. The van der Waals surface area contributed by atoms with Crippen molar-refractivity contribution in [1.29, 1.82) is 5.41 Å². The van der Waals surface area contributed by atoms with Crippen LogP contribution in [0.5, 0.6) is 0 Å². The Bertz CT molecular complexity index is 772. The van der Waals surface area contributed by atoms with Crippen LogP contribution in [0.15, 0.2) is 53.6 Å². The van der Waals surface area contributed by atoms with Gasteiger partial charge in [0.2, 0.25) is 0 Å². The van der Waals surface area contributed by atoms with Crippen molar-refractivity contribution >= 4 is 28.5 Å². The summed E-state index contributed by atoms with van der Waals surface area (Å²) in [6, 6.07) is 16.4. The Morgan fingerprint density at radius 2 is 2.00 bits per heavy atom. The van der Waals surface area contributed by atoms with E-state index in [9.17, 15) is 0 Å². The van der Waals surface area contributed by atoms with Gasteiger partial charge in [-0.2, -0.15) is 0 Å². The quantitative estimate of drug-likeness (QED) is 0.386. The maximum atomic E-state index is 7.47. The number of thioether (sulfide) groups is 1. The molecule has 1 aromatic heterocycles. The van der Waals surface area contributed by atoms with Crippen LogP contribution >= 0.6 is 11.8 Å². The fraction of sp³-hybridized carbons (Fsp3) is 0.118. The first-order chi connectivity index (χ1) is 10.1. The van der Waals surface area contributed by atoms with Crippen molar-refractivity contribution in [2.45, 2.75) is 17.7 Å². The highest BCUT2D eigenvalue weighted by Crippen LogP contribution is 2.27. The summed E-state index contributed by atoms with van der Waals surface area (Å²) in [5.41, 5.74) is 9.91. The topological polar surface area (TPSA) is 65.7 Å². The molecule has 4 heteroatoms. The number of benzene rings is 2. The Kier molecular flexibility index (Phi) is 3.71. The number of aromatic nitrogens is 1. The maximum Gasteiger partial charge on any atom is 0.122 e. The third-order valence-electron chi connectivity index (χ3n) is 3.54. The largest absolute Gasteiger partial charge is 0.384 e. The second-order valence-electron chi connectivity index (χ2n) is 5.06. The number of amidine groups is 1. The molecule has 0 aliphatic rings. The van der Waals surface area contributed by atoms with Gasteiger partial charge in [0.05, 0.1) is 5.03 Å². The zero-order valence-electron chi connectivity index (χ0n) is 11.8. The number of aromatic amines is 1. The molecule has 0 amide bonds. The van der Waals surface area contributed by atoms with Crippen LogP contribution in [-0.2, 0) is 5.75 Å². The number of hydrogen-bond acceptors (Lipinski definition) is 2. The number of hydrogen-bond donors (Lipinski definition) is 3. The molecule has 0 spiro atoms. The number of nitrogens with two attached hydrogens (primary N) is 1. The van der Waals surface area contributed by atoms with Crippen molar-refractivity contribution in [2.75, 3.05) is 0 Å². The van der Waals surface area contributed by atoms with Gasteiger partial charge in [-0.15, -0.1) is 11.8 Å². The minimum absolute atomic E-state index is 0.118. The van der Waals surface area contributed by atoms with E-state index in [1.165, 1.54) is 27.1 Å². The van der Waals surface area contributed by atoms with Crippen LogP contribution in [0.3, 0.4) is 0 Å². The first kappa shape index (κ1) is 13.8. The number of H-pyrrole nitrogens is 1. The van der Waals surface area contributed by atoms with Crippen molar-refractivity contribution in [3.8, 4) is 0 Å². The molecule has 0 unspecified atom stereocenters. The second-order valence-corrected chi connectivity index (χ2v) is 6.08. The summed E-state index contributed by atoms with van der Waals surface area (Å²) in [7, 11) is 0. The van der Waals surface area contributed by atoms with Crippen LogP contribution in [0.25, 0.3) is 10.9 Å². The molecular weight excluding hydrogens is 278 g/mol. The van der Waals surface area contributed by atoms with Gasteiger partial charge in [-0.3, -0.25) is 5.41 Å². The van der Waals surface area contributed by atoms with Crippen molar-refractivity contribution in [3.63, 3.8) is 0 Å². The Morgan fingerprint density at radius 1 is 1.19 bits per heavy atom. The molecule has 4 N–H and O–H groups in total. The lowest BCUT2D eigenvalue weighted by atomic mass is 10.1. The molecule has 0 atom stereocenters. The predicted molar refractivity (Wildman–Crippen MR) is 90.1 cm³/mol. The first-order valence-corrected chi connectivity index (χ1v) is 7.76. The van der Waals surface area contributed by atoms with E-state index >= 15 is 0 Å². The standard InChI is InChI=1S/C17H17N3S/c1-11-8-13(17(18)19)6-7-14(11)10-21-16-9-12-4-2-3-5-15(12)20-16/h2-9,20H,10H2,1H3,(H3,18,19). The average Bonchev–Trinajstić information content (AvgIpc) is 2.88. The van der Waals surface area contributed by atoms with Crippen molar-refractivity contribution < 1.29 is 0 Å². The Morgan fingerprint density at radius 3 is 2.71 bits per heavy atom. The van der Waals surface area contributed by atoms with Gasteiger partial charge in [-0.05, 0) is 36.2 Å². The molecule has 0 fully saturated rings. The summed E-state index contributed by atoms with van der Waals surface area (Å²) in [6.07, 6.45) is 0. The van der Waals surface area contributed by atoms with E-state index in [0.717, 1.165) is 11.3 Å². The van der Waals surface area contributed by atoms with E-state index in [1.54, 1.807) is 11.8 Å². The molecule has 0 bridgehead atoms. The SMILES string of the molecule is Cc1cc(C(=N)N)ccc1CSc1cc2ccccc2[nH]1. The molecule has 21 heavy (non-hydrogen) atoms. The third kappa shape index (κ3) is 2.95. The molecule has 106 valence electrons. The van der Waals surface area contributed by atoms with Crippen molar-refractivity contribution in [2.24, 2.45) is 5.73 Å². The summed E-state index contributed by atoms with van der Waals surface area (Å²) >= 11 is 1.79. The van der Waals surface area contributed by atoms with E-state index in [2.05, 4.69) is 42.2 Å². The van der Waals surface area contributed by atoms with Crippen LogP contribution in [0.2, 0.25) is 0 Å². The summed E-state index contributed by atoms with van der Waals surface area (Å²) < 4.78 is 0. The minimum atomic E-state index is 0.118. The van der Waals surface area contributed by atoms with Gasteiger partial charge in [-0.25, -0.2) is 0 Å². The number of nitrogen functional groups attached to an aromatic ring is 1. The molecule has 3 nitrogen and oxygen atoms in total. The number of fused-ring (bicyclic) bond motifs is 1. The number of para-hydroxylation sites is 1. The molecule has 1 heterocycles. The maximum absolute atomic E-state index is 7.47. The molecule has 0 saturated heterocycles. The molecule has 0 aliphatic heterocycles. The minimum Gasteiger partial charge on any atom is -0.384 e. The monoisotopic (exact) mass is 295 g/mol. The molecule has 3 aromatic rings. The highest BCUT2D eigenvalue weighted by molar-refractivity contribution is 7.98. The van der Waals surface area contributed by atoms with E-state index < -0.39 is 0 Å². The van der Waals surface area contributed by atoms with Gasteiger partial charge in [0.25, 0.3) is 0 Å². The molecule has 0 radical (unpaired) electrons. The summed E-state index contributed by atoms with van der Waals surface area (Å²) in [5.74, 6) is 1.02. The van der Waals surface area contributed by atoms with Crippen LogP contribution in [0.1, 0.15) is 16.7 Å². The van der Waals surface area contributed by atoms with Gasteiger partial charge < -0.3 is 10.7 Å². The van der Waals surface area contributed by atoms with Gasteiger partial charge in [0.1, 0.15) is 5.84 Å². The first-order valence-electron chi connectivity index (χ1n) is 6.78. The fourth-order valence-electron chi connectivity index (χ4n) is 2.31. The Hall–Kier alpha value is -2.20. The van der Waals surface area contributed by atoms with E-state index in [0.29, 0.717) is 0 Å². The van der Waals surface area contributed by atoms with Crippen LogP contribution < -0.4 is 5.73 Å². The van der Waals surface area contributed by atoms with Gasteiger partial charge in [-0.1, -0.05) is 30.3 Å². The molecule has 0 aliphatic carbocycles. The zero-order chi connectivity index (χ0) is 14.8. The lowest BCUT2D eigenvalue weighted by molar-refractivity contribution is 1.22. The fourth-order valence-corrected chi connectivity index (χ4v) is 3.33. The normalized spacial score (nSPS) is 10.9. The van der Waals surface area contributed by atoms with E-state index in [1.807, 2.05) is 18.2 Å². The highest BCUT2D eigenvalue weighted by Gasteiger charge is 2.05. The molecular formula is C17H17N3S. The van der Waals surface area contributed by atoms with Crippen molar-refractivity contribution in [3.05, 3.63) is 65.2 Å². The summed E-state index contributed by atoms with van der Waals surface area (Å²) in [4.78, 5) is 3.42. The summed E-state index contributed by atoms with van der Waals surface area (Å²) in [6.45, 7) is 2.06. The molecule has 2 aromatic carbocycles. The molecule has 3 rings (SSSR count). The lowest BCUT2D eigenvalue weighted by Crippen LogP contribution is -2.11. The van der Waals surface area contributed by atoms with Crippen LogP contribution in [0.4, 0.5) is 0 Å². The van der Waals surface area contributed by atoms with Gasteiger partial charge in [0, 0.05) is 22.2 Å². The average molecular weight is 295 g/mol. The van der Waals surface area contributed by atoms with Crippen LogP contribution in [0, 0.1) is 12.3 Å².